The molecule has 0 saturated carbocycles. The fourth-order valence-corrected chi connectivity index (χ4v) is 2.60. The number of carbonyl (C=O) groups is 1. The Morgan fingerprint density at radius 1 is 0.880 bits per heavy atom. The van der Waals surface area contributed by atoms with Crippen molar-refractivity contribution in [1.29, 1.82) is 0 Å². The highest BCUT2D eigenvalue weighted by atomic mass is 35.5. The Kier molecular flexibility index (Phi) is 4.77. The Bertz CT molecular complexity index is 911. The van der Waals surface area contributed by atoms with E-state index in [2.05, 4.69) is 0 Å². The zero-order valence-corrected chi connectivity index (χ0v) is 13.8. The molecule has 3 rings (SSSR count). The number of rotatable bonds is 4. The van der Waals surface area contributed by atoms with Crippen molar-refractivity contribution >= 4 is 34.6 Å². The van der Waals surface area contributed by atoms with Gasteiger partial charge in [-0.2, -0.15) is 0 Å². The molecule has 3 aromatic carbocycles. The molecule has 0 heterocycles. The van der Waals surface area contributed by atoms with Gasteiger partial charge >= 0.3 is 0 Å². The van der Waals surface area contributed by atoms with Gasteiger partial charge in [0.25, 0.3) is 11.6 Å². The van der Waals surface area contributed by atoms with E-state index < -0.39 is 4.92 Å². The van der Waals surface area contributed by atoms with Crippen LogP contribution >= 0.6 is 11.6 Å². The van der Waals surface area contributed by atoms with Crippen molar-refractivity contribution in [3.63, 3.8) is 0 Å². The number of nitro benzene ring substituents is 1. The molecular formula is C19H13ClN2O3. The number of nitro groups is 1. The first-order chi connectivity index (χ1) is 12.1. The Hall–Kier alpha value is -3.18. The molecule has 5 nitrogen and oxygen atoms in total. The number of halogens is 1. The van der Waals surface area contributed by atoms with Gasteiger partial charge in [-0.1, -0.05) is 41.9 Å². The lowest BCUT2D eigenvalue weighted by molar-refractivity contribution is -0.384. The van der Waals surface area contributed by atoms with Crippen molar-refractivity contribution in [1.82, 2.24) is 0 Å². The van der Waals surface area contributed by atoms with Gasteiger partial charge in [0, 0.05) is 22.3 Å². The lowest BCUT2D eigenvalue weighted by Crippen LogP contribution is -2.26. The quantitative estimate of drug-likeness (QED) is 0.477. The number of amides is 1. The molecule has 3 aromatic rings. The molecule has 0 aliphatic carbocycles. The molecule has 0 spiro atoms. The third-order valence-electron chi connectivity index (χ3n) is 3.63. The number of para-hydroxylation sites is 3. The summed E-state index contributed by atoms with van der Waals surface area (Å²) in [4.78, 5) is 25.3. The lowest BCUT2D eigenvalue weighted by atomic mass is 10.1. The van der Waals surface area contributed by atoms with Crippen molar-refractivity contribution in [2.24, 2.45) is 0 Å². The Labute approximate surface area is 149 Å². The highest BCUT2D eigenvalue weighted by molar-refractivity contribution is 6.30. The molecule has 0 N–H and O–H groups in total. The fourth-order valence-electron chi connectivity index (χ4n) is 2.47. The third-order valence-corrected chi connectivity index (χ3v) is 3.88. The maximum absolute atomic E-state index is 13.1. The van der Waals surface area contributed by atoms with Crippen LogP contribution in [0.15, 0.2) is 78.9 Å². The summed E-state index contributed by atoms with van der Waals surface area (Å²) in [6, 6.07) is 21.4. The summed E-state index contributed by atoms with van der Waals surface area (Å²) in [5, 5.41) is 11.9. The summed E-state index contributed by atoms with van der Waals surface area (Å²) in [5.74, 6) is -0.378. The van der Waals surface area contributed by atoms with Crippen molar-refractivity contribution in [2.75, 3.05) is 4.90 Å². The molecular weight excluding hydrogens is 340 g/mol. The van der Waals surface area contributed by atoms with E-state index in [0.717, 1.165) is 0 Å². The van der Waals surface area contributed by atoms with Gasteiger partial charge < -0.3 is 0 Å². The first kappa shape index (κ1) is 16.7. The third kappa shape index (κ3) is 3.51. The lowest BCUT2D eigenvalue weighted by Gasteiger charge is -2.23. The summed E-state index contributed by atoms with van der Waals surface area (Å²) in [6.45, 7) is 0. The number of carbonyl (C=O) groups excluding carboxylic acids is 1. The van der Waals surface area contributed by atoms with E-state index in [9.17, 15) is 14.9 Å². The summed E-state index contributed by atoms with van der Waals surface area (Å²) in [6.07, 6.45) is 0. The number of anilines is 2. The average Bonchev–Trinajstić information content (AvgIpc) is 2.63. The van der Waals surface area contributed by atoms with Crippen LogP contribution in [0.2, 0.25) is 5.02 Å². The molecule has 0 aliphatic heterocycles. The van der Waals surface area contributed by atoms with Crippen molar-refractivity contribution in [3.8, 4) is 0 Å². The molecule has 1 amide bonds. The zero-order chi connectivity index (χ0) is 17.8. The Balaban J connectivity index is 2.16. The van der Waals surface area contributed by atoms with Gasteiger partial charge in [-0.15, -0.1) is 0 Å². The van der Waals surface area contributed by atoms with Crippen LogP contribution in [0.5, 0.6) is 0 Å². The van der Waals surface area contributed by atoms with Gasteiger partial charge in [-0.05, 0) is 42.5 Å². The average molecular weight is 353 g/mol. The van der Waals surface area contributed by atoms with Gasteiger partial charge in [0.1, 0.15) is 5.69 Å². The molecule has 0 saturated heterocycles. The van der Waals surface area contributed by atoms with E-state index in [4.69, 9.17) is 11.6 Å². The SMILES string of the molecule is O=C(c1ccc(Cl)cc1)N(c1ccccc1)c1ccccc1[N+](=O)[O-]. The Morgan fingerprint density at radius 2 is 1.48 bits per heavy atom. The van der Waals surface area contributed by atoms with E-state index in [1.807, 2.05) is 6.07 Å². The van der Waals surface area contributed by atoms with Gasteiger partial charge in [0.05, 0.1) is 4.92 Å². The predicted octanol–water partition coefficient (Wildman–Crippen LogP) is 5.23. The van der Waals surface area contributed by atoms with Crippen LogP contribution < -0.4 is 4.90 Å². The number of hydrogen-bond acceptors (Lipinski definition) is 3. The van der Waals surface area contributed by atoms with Crippen LogP contribution in [0.25, 0.3) is 0 Å². The smallest absolute Gasteiger partial charge is 0.270 e. The van der Waals surface area contributed by atoms with E-state index in [1.54, 1.807) is 66.7 Å². The van der Waals surface area contributed by atoms with Crippen LogP contribution in [0, 0.1) is 10.1 Å². The molecule has 0 unspecified atom stereocenters. The van der Waals surface area contributed by atoms with Crippen LogP contribution in [-0.2, 0) is 0 Å². The van der Waals surface area contributed by atoms with Gasteiger partial charge in [-0.3, -0.25) is 19.8 Å². The molecule has 0 fully saturated rings. The summed E-state index contributed by atoms with van der Waals surface area (Å²) in [5.41, 5.74) is 0.982. The van der Waals surface area contributed by atoms with Gasteiger partial charge in [0.15, 0.2) is 0 Å². The predicted molar refractivity (Wildman–Crippen MR) is 97.5 cm³/mol. The Morgan fingerprint density at radius 3 is 2.12 bits per heavy atom. The molecule has 0 aliphatic rings. The maximum Gasteiger partial charge on any atom is 0.293 e. The normalized spacial score (nSPS) is 10.3. The standard InChI is InChI=1S/C19H13ClN2O3/c20-15-12-10-14(11-13-15)19(23)21(16-6-2-1-3-7-16)17-8-4-5-9-18(17)22(24)25/h1-13H. The highest BCUT2D eigenvalue weighted by Crippen LogP contribution is 2.34. The first-order valence-corrected chi connectivity index (χ1v) is 7.84. The van der Waals surface area contributed by atoms with Crippen molar-refractivity contribution < 1.29 is 9.72 Å². The second-order valence-corrected chi connectivity index (χ2v) is 5.67. The number of nitrogens with zero attached hydrogens (tertiary/aromatic N) is 2. The van der Waals surface area contributed by atoms with E-state index >= 15 is 0 Å². The van der Waals surface area contributed by atoms with Crippen LogP contribution in [-0.4, -0.2) is 10.8 Å². The van der Waals surface area contributed by atoms with Crippen molar-refractivity contribution in [2.45, 2.75) is 0 Å². The molecule has 6 heteroatoms. The van der Waals surface area contributed by atoms with Crippen molar-refractivity contribution in [3.05, 3.63) is 99.6 Å². The second kappa shape index (κ2) is 7.15. The van der Waals surface area contributed by atoms with Gasteiger partial charge in [-0.25, -0.2) is 0 Å². The molecule has 0 radical (unpaired) electrons. The number of hydrogen-bond donors (Lipinski definition) is 0. The molecule has 124 valence electrons. The minimum Gasteiger partial charge on any atom is -0.270 e. The highest BCUT2D eigenvalue weighted by Gasteiger charge is 2.26. The molecule has 0 bridgehead atoms. The van der Waals surface area contributed by atoms with Crippen LogP contribution in [0.4, 0.5) is 17.1 Å². The van der Waals surface area contributed by atoms with Crippen LogP contribution in [0.3, 0.4) is 0 Å². The summed E-state index contributed by atoms with van der Waals surface area (Å²) >= 11 is 5.88. The minimum absolute atomic E-state index is 0.145. The minimum atomic E-state index is -0.500. The van der Waals surface area contributed by atoms with E-state index in [1.165, 1.54) is 11.0 Å². The first-order valence-electron chi connectivity index (χ1n) is 7.46. The topological polar surface area (TPSA) is 63.5 Å². The summed E-state index contributed by atoms with van der Waals surface area (Å²) < 4.78 is 0. The van der Waals surface area contributed by atoms with E-state index in [-0.39, 0.29) is 17.3 Å². The molecule has 25 heavy (non-hydrogen) atoms. The largest absolute Gasteiger partial charge is 0.293 e. The fraction of sp³-hybridized carbons (Fsp3) is 0. The van der Waals surface area contributed by atoms with E-state index in [0.29, 0.717) is 16.3 Å². The molecule has 0 aromatic heterocycles. The summed E-state index contributed by atoms with van der Waals surface area (Å²) in [7, 11) is 0. The number of benzene rings is 3. The van der Waals surface area contributed by atoms with Crippen LogP contribution in [0.1, 0.15) is 10.4 Å². The van der Waals surface area contributed by atoms with Gasteiger partial charge in [0.2, 0.25) is 0 Å². The monoisotopic (exact) mass is 352 g/mol. The maximum atomic E-state index is 13.1. The second-order valence-electron chi connectivity index (χ2n) is 5.23. The zero-order valence-electron chi connectivity index (χ0n) is 13.0. The molecule has 0 atom stereocenters.